The Labute approximate surface area is 143 Å². The molecule has 0 saturated heterocycles. The zero-order valence-electron chi connectivity index (χ0n) is 14.6. The highest BCUT2D eigenvalue weighted by molar-refractivity contribution is 7.44. The summed E-state index contributed by atoms with van der Waals surface area (Å²) >= 11 is 12.2. The molecule has 128 valence electrons. The Kier molecular flexibility index (Phi) is 9.92. The second-order valence-electron chi connectivity index (χ2n) is 7.52. The summed E-state index contributed by atoms with van der Waals surface area (Å²) in [7, 11) is -3.12. The maximum Gasteiger partial charge on any atom is 0.248 e. The number of rotatable bonds is 11. The summed E-state index contributed by atoms with van der Waals surface area (Å²) in [6.45, 7) is 15.0. The van der Waals surface area contributed by atoms with Crippen molar-refractivity contribution in [2.45, 2.75) is 64.4 Å². The van der Waals surface area contributed by atoms with Crippen LogP contribution in [-0.4, -0.2) is 49.3 Å². The molecule has 0 rings (SSSR count). The minimum Gasteiger partial charge on any atom is -0.415 e. The van der Waals surface area contributed by atoms with Crippen LogP contribution in [0.5, 0.6) is 0 Å². The molecule has 0 aromatic heterocycles. The fraction of sp³-hybridized carbons (Fsp3) is 1.00. The van der Waals surface area contributed by atoms with Gasteiger partial charge in [-0.2, -0.15) is 0 Å². The van der Waals surface area contributed by atoms with Crippen LogP contribution >= 0.6 is 22.2 Å². The summed E-state index contributed by atoms with van der Waals surface area (Å²) in [6, 6.07) is 0.862. The van der Waals surface area contributed by atoms with Gasteiger partial charge in [-0.1, -0.05) is 0 Å². The van der Waals surface area contributed by atoms with Crippen LogP contribution in [-0.2, 0) is 13.6 Å². The topological polar surface area (TPSA) is 27.7 Å². The maximum atomic E-state index is 6.15. The van der Waals surface area contributed by atoms with Crippen LogP contribution in [0.2, 0.25) is 51.9 Å². The van der Waals surface area contributed by atoms with Crippen molar-refractivity contribution in [2.75, 3.05) is 19.8 Å². The molecule has 1 atom stereocenters. The fourth-order valence-corrected chi connectivity index (χ4v) is 5.05. The van der Waals surface area contributed by atoms with E-state index in [0.717, 1.165) is 12.5 Å². The van der Waals surface area contributed by atoms with Crippen molar-refractivity contribution < 1.29 is 13.6 Å². The molecule has 0 amide bonds. The van der Waals surface area contributed by atoms with Gasteiger partial charge in [0.05, 0.1) is 19.3 Å². The average Bonchev–Trinajstić information content (AvgIpc) is 2.20. The van der Waals surface area contributed by atoms with Gasteiger partial charge in [-0.3, -0.25) is 0 Å². The fourth-order valence-electron chi connectivity index (χ4n) is 1.66. The van der Waals surface area contributed by atoms with E-state index in [9.17, 15) is 0 Å². The molecule has 0 bridgehead atoms. The van der Waals surface area contributed by atoms with Gasteiger partial charge in [-0.25, -0.2) is 0 Å². The standard InChI is InChI=1S/C13H32Cl2O3Si3/c1-19(2,3)17-12-13(18-20(4,5)6)11-16-9-8-10-21(7,14)15/h13H,8-12H2,1-7H3. The van der Waals surface area contributed by atoms with Crippen molar-refractivity contribution in [3.05, 3.63) is 0 Å². The van der Waals surface area contributed by atoms with E-state index in [1.807, 2.05) is 6.55 Å². The minimum absolute atomic E-state index is 0.0269. The molecule has 0 aliphatic rings. The zero-order valence-corrected chi connectivity index (χ0v) is 19.1. The van der Waals surface area contributed by atoms with Crippen LogP contribution in [0.4, 0.5) is 0 Å². The van der Waals surface area contributed by atoms with Crippen LogP contribution in [0.25, 0.3) is 0 Å². The lowest BCUT2D eigenvalue weighted by Crippen LogP contribution is -2.40. The number of hydrogen-bond donors (Lipinski definition) is 0. The third-order valence-corrected chi connectivity index (χ3v) is 6.87. The van der Waals surface area contributed by atoms with Gasteiger partial charge < -0.3 is 13.6 Å². The van der Waals surface area contributed by atoms with Gasteiger partial charge >= 0.3 is 0 Å². The Balaban J connectivity index is 4.10. The van der Waals surface area contributed by atoms with E-state index in [2.05, 4.69) is 39.3 Å². The van der Waals surface area contributed by atoms with Crippen molar-refractivity contribution in [3.63, 3.8) is 0 Å². The molecule has 0 aliphatic heterocycles. The van der Waals surface area contributed by atoms with Gasteiger partial charge in [-0.15, -0.1) is 22.2 Å². The van der Waals surface area contributed by atoms with Gasteiger partial charge in [0.1, 0.15) is 0 Å². The van der Waals surface area contributed by atoms with E-state index >= 15 is 0 Å². The molecule has 8 heteroatoms. The lowest BCUT2D eigenvalue weighted by molar-refractivity contribution is 0.0204. The molecule has 21 heavy (non-hydrogen) atoms. The molecule has 3 nitrogen and oxygen atoms in total. The molecule has 0 aromatic rings. The second kappa shape index (κ2) is 9.42. The van der Waals surface area contributed by atoms with Crippen LogP contribution in [0.3, 0.4) is 0 Å². The monoisotopic (exact) mass is 390 g/mol. The first-order valence-electron chi connectivity index (χ1n) is 7.56. The highest BCUT2D eigenvalue weighted by Crippen LogP contribution is 2.21. The molecule has 0 N–H and O–H groups in total. The Morgan fingerprint density at radius 2 is 1.43 bits per heavy atom. The summed E-state index contributed by atoms with van der Waals surface area (Å²) in [5.41, 5.74) is 0. The van der Waals surface area contributed by atoms with Gasteiger partial charge in [0, 0.05) is 6.61 Å². The molecule has 0 spiro atoms. The van der Waals surface area contributed by atoms with E-state index in [1.165, 1.54) is 0 Å². The predicted molar refractivity (Wildman–Crippen MR) is 101 cm³/mol. The van der Waals surface area contributed by atoms with Crippen molar-refractivity contribution in [2.24, 2.45) is 0 Å². The highest BCUT2D eigenvalue weighted by atomic mass is 35.7. The van der Waals surface area contributed by atoms with Crippen LogP contribution in [0, 0.1) is 0 Å². The predicted octanol–water partition coefficient (Wildman–Crippen LogP) is 5.01. The molecular weight excluding hydrogens is 359 g/mol. The van der Waals surface area contributed by atoms with E-state index in [-0.39, 0.29) is 6.10 Å². The Morgan fingerprint density at radius 3 is 1.86 bits per heavy atom. The molecule has 0 aliphatic carbocycles. The maximum absolute atomic E-state index is 6.15. The van der Waals surface area contributed by atoms with Gasteiger partial charge in [-0.05, 0) is 58.3 Å². The van der Waals surface area contributed by atoms with Gasteiger partial charge in [0.2, 0.25) is 6.69 Å². The van der Waals surface area contributed by atoms with E-state index in [4.69, 9.17) is 35.7 Å². The molecule has 1 unspecified atom stereocenters. The minimum atomic E-state index is -1.99. The Bertz CT molecular complexity index is 286. The van der Waals surface area contributed by atoms with Crippen LogP contribution in [0.1, 0.15) is 6.42 Å². The SMILES string of the molecule is C[Si](Cl)(Cl)CCCOCC(CO[Si](C)(C)C)O[Si](C)(C)C. The second-order valence-corrected chi connectivity index (χ2v) is 24.7. The molecule has 0 saturated carbocycles. The molecule has 0 aromatic carbocycles. The van der Waals surface area contributed by atoms with Crippen molar-refractivity contribution in [3.8, 4) is 0 Å². The van der Waals surface area contributed by atoms with Gasteiger partial charge in [0.25, 0.3) is 0 Å². The van der Waals surface area contributed by atoms with E-state index in [1.54, 1.807) is 0 Å². The lowest BCUT2D eigenvalue weighted by Gasteiger charge is -2.29. The zero-order chi connectivity index (χ0) is 16.7. The van der Waals surface area contributed by atoms with Gasteiger partial charge in [0.15, 0.2) is 16.6 Å². The van der Waals surface area contributed by atoms with E-state index < -0.39 is 23.3 Å². The lowest BCUT2D eigenvalue weighted by atomic mass is 10.4. The first-order valence-corrected chi connectivity index (χ1v) is 19.1. The average molecular weight is 392 g/mol. The smallest absolute Gasteiger partial charge is 0.248 e. The number of halogens is 2. The summed E-state index contributed by atoms with van der Waals surface area (Å²) in [5, 5.41) is 0. The van der Waals surface area contributed by atoms with Crippen molar-refractivity contribution >= 4 is 45.5 Å². The number of ether oxygens (including phenoxy) is 1. The van der Waals surface area contributed by atoms with Crippen molar-refractivity contribution in [1.82, 2.24) is 0 Å². The number of hydrogen-bond acceptors (Lipinski definition) is 3. The first kappa shape index (κ1) is 22.1. The summed E-state index contributed by atoms with van der Waals surface area (Å²) in [6.07, 6.45) is 0.934. The third kappa shape index (κ3) is 17.3. The van der Waals surface area contributed by atoms with Crippen LogP contribution in [0.15, 0.2) is 0 Å². The Hall–Kier alpha value is 1.11. The summed E-state index contributed by atoms with van der Waals surface area (Å²) in [4.78, 5) is 0. The van der Waals surface area contributed by atoms with Crippen LogP contribution < -0.4 is 0 Å². The molecule has 0 radical (unpaired) electrons. The highest BCUT2D eigenvalue weighted by Gasteiger charge is 2.24. The normalized spacial score (nSPS) is 15.3. The Morgan fingerprint density at radius 1 is 0.857 bits per heavy atom. The molecule has 0 heterocycles. The first-order chi connectivity index (χ1) is 9.29. The summed E-state index contributed by atoms with van der Waals surface area (Å²) < 4.78 is 17.9. The quantitative estimate of drug-likeness (QED) is 0.281. The largest absolute Gasteiger partial charge is 0.415 e. The third-order valence-electron chi connectivity index (χ3n) is 2.43. The van der Waals surface area contributed by atoms with E-state index in [0.29, 0.717) is 19.8 Å². The summed E-state index contributed by atoms with van der Waals surface area (Å²) in [5.74, 6) is 0. The molecular formula is C13H32Cl2O3Si3. The van der Waals surface area contributed by atoms with Crippen molar-refractivity contribution in [1.29, 1.82) is 0 Å². The molecule has 0 fully saturated rings.